The first-order valence-corrected chi connectivity index (χ1v) is 7.47. The second kappa shape index (κ2) is 6.37. The van der Waals surface area contributed by atoms with Crippen molar-refractivity contribution in [3.63, 3.8) is 0 Å². The zero-order valence-electron chi connectivity index (χ0n) is 12.0. The number of hydrogen-bond acceptors (Lipinski definition) is 3. The minimum atomic E-state index is 0.490. The molecule has 0 saturated carbocycles. The number of nitrogens with two attached hydrogens (primary N) is 1. The summed E-state index contributed by atoms with van der Waals surface area (Å²) >= 11 is 3.56. The predicted octanol–water partition coefficient (Wildman–Crippen LogP) is 4.27. The predicted molar refractivity (Wildman–Crippen MR) is 85.2 cm³/mol. The van der Waals surface area contributed by atoms with Gasteiger partial charge in [-0.3, -0.25) is 0 Å². The number of aromatic nitrogens is 1. The zero-order chi connectivity index (χ0) is 14.7. The molecule has 0 bridgehead atoms. The van der Waals surface area contributed by atoms with E-state index in [0.29, 0.717) is 12.4 Å². The quantitative estimate of drug-likeness (QED) is 0.907. The molecule has 0 saturated heterocycles. The minimum Gasteiger partial charge on any atom is -0.439 e. The van der Waals surface area contributed by atoms with Crippen LogP contribution in [0.15, 0.2) is 28.7 Å². The van der Waals surface area contributed by atoms with Gasteiger partial charge in [0.2, 0.25) is 5.88 Å². The normalized spacial score (nSPS) is 10.7. The summed E-state index contributed by atoms with van der Waals surface area (Å²) in [6.07, 6.45) is 0.864. The molecule has 4 heteroatoms. The first kappa shape index (κ1) is 15.0. The van der Waals surface area contributed by atoms with Crippen LogP contribution in [0.2, 0.25) is 0 Å². The Morgan fingerprint density at radius 2 is 1.80 bits per heavy atom. The molecule has 1 aromatic carbocycles. The molecule has 20 heavy (non-hydrogen) atoms. The van der Waals surface area contributed by atoms with Gasteiger partial charge in [-0.25, -0.2) is 4.98 Å². The van der Waals surface area contributed by atoms with Crippen molar-refractivity contribution in [1.82, 2.24) is 4.98 Å². The second-order valence-electron chi connectivity index (χ2n) is 4.84. The topological polar surface area (TPSA) is 48.1 Å². The molecule has 0 unspecified atom stereocenters. The maximum absolute atomic E-state index is 5.89. The number of ether oxygens (including phenoxy) is 1. The summed E-state index contributed by atoms with van der Waals surface area (Å²) in [4.78, 5) is 4.49. The molecule has 0 aliphatic heterocycles. The fraction of sp³-hybridized carbons (Fsp3) is 0.312. The summed E-state index contributed by atoms with van der Waals surface area (Å²) < 4.78 is 7.01. The van der Waals surface area contributed by atoms with Gasteiger partial charge in [-0.1, -0.05) is 22.9 Å². The third-order valence-electron chi connectivity index (χ3n) is 3.14. The van der Waals surface area contributed by atoms with Crippen molar-refractivity contribution in [1.29, 1.82) is 0 Å². The monoisotopic (exact) mass is 334 g/mol. The van der Waals surface area contributed by atoms with Gasteiger partial charge in [0.1, 0.15) is 5.75 Å². The van der Waals surface area contributed by atoms with Crippen molar-refractivity contribution in [3.05, 3.63) is 51.1 Å². The van der Waals surface area contributed by atoms with E-state index in [1.165, 1.54) is 0 Å². The van der Waals surface area contributed by atoms with Crippen molar-refractivity contribution < 1.29 is 4.74 Å². The summed E-state index contributed by atoms with van der Waals surface area (Å²) in [5.74, 6) is 1.40. The average Bonchev–Trinajstić information content (AvgIpc) is 2.44. The van der Waals surface area contributed by atoms with E-state index in [2.05, 4.69) is 27.8 Å². The highest BCUT2D eigenvalue weighted by Gasteiger charge is 2.07. The standard InChI is InChI=1S/C16H19BrN2O/c1-4-13-7-12(9-18)8-15(19-13)20-14-5-10(2)16(17)11(3)6-14/h5-8H,4,9,18H2,1-3H3. The summed E-state index contributed by atoms with van der Waals surface area (Å²) in [6.45, 7) is 6.65. The van der Waals surface area contributed by atoms with Crippen LogP contribution in [-0.4, -0.2) is 4.98 Å². The summed E-state index contributed by atoms with van der Waals surface area (Å²) in [5, 5.41) is 0. The van der Waals surface area contributed by atoms with Gasteiger partial charge in [-0.2, -0.15) is 0 Å². The molecule has 0 radical (unpaired) electrons. The Kier molecular flexibility index (Phi) is 4.78. The SMILES string of the molecule is CCc1cc(CN)cc(Oc2cc(C)c(Br)c(C)c2)n1. The highest BCUT2D eigenvalue weighted by Crippen LogP contribution is 2.29. The van der Waals surface area contributed by atoms with Gasteiger partial charge in [-0.05, 0) is 55.2 Å². The fourth-order valence-electron chi connectivity index (χ4n) is 2.06. The van der Waals surface area contributed by atoms with Crippen molar-refractivity contribution in [2.24, 2.45) is 5.73 Å². The Hall–Kier alpha value is -1.39. The Balaban J connectivity index is 2.34. The molecule has 0 aliphatic carbocycles. The minimum absolute atomic E-state index is 0.490. The molecule has 0 aliphatic rings. The molecule has 0 fully saturated rings. The lowest BCUT2D eigenvalue weighted by molar-refractivity contribution is 0.459. The molecule has 106 valence electrons. The Morgan fingerprint density at radius 1 is 1.15 bits per heavy atom. The van der Waals surface area contributed by atoms with Crippen LogP contribution in [-0.2, 0) is 13.0 Å². The number of rotatable bonds is 4. The lowest BCUT2D eigenvalue weighted by atomic mass is 10.1. The van der Waals surface area contributed by atoms with E-state index in [0.717, 1.165) is 39.0 Å². The van der Waals surface area contributed by atoms with E-state index in [4.69, 9.17) is 10.5 Å². The third kappa shape index (κ3) is 3.38. The number of halogens is 1. The second-order valence-corrected chi connectivity index (χ2v) is 5.63. The van der Waals surface area contributed by atoms with Gasteiger partial charge in [-0.15, -0.1) is 0 Å². The van der Waals surface area contributed by atoms with E-state index < -0.39 is 0 Å². The van der Waals surface area contributed by atoms with Crippen LogP contribution in [0.25, 0.3) is 0 Å². The number of nitrogens with zero attached hydrogens (tertiary/aromatic N) is 1. The van der Waals surface area contributed by atoms with Crippen LogP contribution < -0.4 is 10.5 Å². The van der Waals surface area contributed by atoms with Gasteiger partial charge in [0.25, 0.3) is 0 Å². The van der Waals surface area contributed by atoms with Crippen molar-refractivity contribution in [2.45, 2.75) is 33.7 Å². The summed E-state index contributed by atoms with van der Waals surface area (Å²) in [6, 6.07) is 7.91. The summed E-state index contributed by atoms with van der Waals surface area (Å²) in [7, 11) is 0. The van der Waals surface area contributed by atoms with Gasteiger partial charge < -0.3 is 10.5 Å². The first-order chi connectivity index (χ1) is 9.53. The van der Waals surface area contributed by atoms with Gasteiger partial charge in [0, 0.05) is 22.8 Å². The number of aryl methyl sites for hydroxylation is 3. The molecule has 0 atom stereocenters. The van der Waals surface area contributed by atoms with E-state index in [1.807, 2.05) is 38.1 Å². The van der Waals surface area contributed by atoms with Crippen molar-refractivity contribution >= 4 is 15.9 Å². The molecule has 1 heterocycles. The van der Waals surface area contributed by atoms with Crippen LogP contribution in [0.1, 0.15) is 29.3 Å². The van der Waals surface area contributed by atoms with Gasteiger partial charge >= 0.3 is 0 Å². The molecule has 2 aromatic rings. The van der Waals surface area contributed by atoms with E-state index >= 15 is 0 Å². The van der Waals surface area contributed by atoms with Crippen LogP contribution >= 0.6 is 15.9 Å². The maximum Gasteiger partial charge on any atom is 0.219 e. The lowest BCUT2D eigenvalue weighted by Gasteiger charge is -2.11. The number of pyridine rings is 1. The Labute approximate surface area is 128 Å². The zero-order valence-corrected chi connectivity index (χ0v) is 13.6. The summed E-state index contributed by atoms with van der Waals surface area (Å²) in [5.41, 5.74) is 10.0. The van der Waals surface area contributed by atoms with Crippen LogP contribution in [0.3, 0.4) is 0 Å². The van der Waals surface area contributed by atoms with Crippen LogP contribution in [0, 0.1) is 13.8 Å². The molecule has 0 spiro atoms. The smallest absolute Gasteiger partial charge is 0.219 e. The molecule has 2 N–H and O–H groups in total. The molecule has 3 nitrogen and oxygen atoms in total. The highest BCUT2D eigenvalue weighted by molar-refractivity contribution is 9.10. The van der Waals surface area contributed by atoms with E-state index in [9.17, 15) is 0 Å². The average molecular weight is 335 g/mol. The molecule has 2 rings (SSSR count). The van der Waals surface area contributed by atoms with Gasteiger partial charge in [0.05, 0.1) is 0 Å². The molecular weight excluding hydrogens is 316 g/mol. The third-order valence-corrected chi connectivity index (χ3v) is 4.40. The molecule has 1 aromatic heterocycles. The fourth-order valence-corrected chi connectivity index (χ4v) is 2.29. The molecular formula is C16H19BrN2O. The lowest BCUT2D eigenvalue weighted by Crippen LogP contribution is -2.01. The maximum atomic E-state index is 5.89. The highest BCUT2D eigenvalue weighted by atomic mass is 79.9. The van der Waals surface area contributed by atoms with E-state index in [-0.39, 0.29) is 0 Å². The number of hydrogen-bond donors (Lipinski definition) is 1. The van der Waals surface area contributed by atoms with Gasteiger partial charge in [0.15, 0.2) is 0 Å². The van der Waals surface area contributed by atoms with Crippen LogP contribution in [0.4, 0.5) is 0 Å². The molecule has 0 amide bonds. The number of benzene rings is 1. The Morgan fingerprint density at radius 3 is 2.35 bits per heavy atom. The van der Waals surface area contributed by atoms with Crippen LogP contribution in [0.5, 0.6) is 11.6 Å². The first-order valence-electron chi connectivity index (χ1n) is 6.68. The van der Waals surface area contributed by atoms with E-state index in [1.54, 1.807) is 0 Å². The Bertz CT molecular complexity index is 581. The van der Waals surface area contributed by atoms with Crippen molar-refractivity contribution in [3.8, 4) is 11.6 Å². The largest absolute Gasteiger partial charge is 0.439 e. The van der Waals surface area contributed by atoms with Crippen molar-refractivity contribution in [2.75, 3.05) is 0 Å².